The summed E-state index contributed by atoms with van der Waals surface area (Å²) < 4.78 is 22.6. The van der Waals surface area contributed by atoms with Gasteiger partial charge in [0.25, 0.3) is 0 Å². The molecule has 4 nitrogen and oxygen atoms in total. The van der Waals surface area contributed by atoms with Crippen LogP contribution in [0.2, 0.25) is 0 Å². The van der Waals surface area contributed by atoms with Gasteiger partial charge in [0.2, 0.25) is 0 Å². The van der Waals surface area contributed by atoms with Crippen LogP contribution in [0.1, 0.15) is 6.92 Å². The zero-order valence-corrected chi connectivity index (χ0v) is 9.91. The maximum absolute atomic E-state index is 13.1. The van der Waals surface area contributed by atoms with E-state index < -0.39 is 5.97 Å². The molecule has 0 amide bonds. The molecule has 5 heteroatoms. The van der Waals surface area contributed by atoms with E-state index in [2.05, 4.69) is 10.1 Å². The highest BCUT2D eigenvalue weighted by Gasteiger charge is 2.05. The van der Waals surface area contributed by atoms with Crippen molar-refractivity contribution in [3.63, 3.8) is 0 Å². The third kappa shape index (κ3) is 3.79. The van der Waals surface area contributed by atoms with Gasteiger partial charge in [0.1, 0.15) is 11.6 Å². The average Bonchev–Trinajstić information content (AvgIpc) is 2.29. The van der Waals surface area contributed by atoms with E-state index in [-0.39, 0.29) is 5.82 Å². The zero-order valence-electron chi connectivity index (χ0n) is 9.91. The van der Waals surface area contributed by atoms with Crippen LogP contribution in [0.5, 0.6) is 5.75 Å². The lowest BCUT2D eigenvalue weighted by Crippen LogP contribution is -2.03. The molecule has 0 saturated carbocycles. The molecule has 17 heavy (non-hydrogen) atoms. The zero-order chi connectivity index (χ0) is 12.8. The molecule has 0 aliphatic carbocycles. The molecule has 1 rings (SSSR count). The molecule has 0 fully saturated rings. The Bertz CT molecular complexity index is 443. The number of hydrogen-bond donors (Lipinski definition) is 1. The molecule has 0 aliphatic rings. The van der Waals surface area contributed by atoms with E-state index in [9.17, 15) is 9.18 Å². The summed E-state index contributed by atoms with van der Waals surface area (Å²) in [6.07, 6.45) is 1.27. The van der Waals surface area contributed by atoms with Crippen molar-refractivity contribution < 1.29 is 18.7 Å². The van der Waals surface area contributed by atoms with Gasteiger partial charge in [-0.15, -0.1) is 0 Å². The molecule has 1 N–H and O–H groups in total. The largest absolute Gasteiger partial charge is 0.495 e. The number of benzene rings is 1. The highest BCUT2D eigenvalue weighted by atomic mass is 19.1. The molecule has 0 atom stereocenters. The Hall–Kier alpha value is -2.04. The van der Waals surface area contributed by atoms with Gasteiger partial charge in [-0.1, -0.05) is 0 Å². The van der Waals surface area contributed by atoms with Crippen molar-refractivity contribution in [3.05, 3.63) is 35.8 Å². The van der Waals surface area contributed by atoms with Gasteiger partial charge in [-0.3, -0.25) is 0 Å². The molecule has 1 aromatic rings. The molecule has 0 saturated heterocycles. The van der Waals surface area contributed by atoms with Gasteiger partial charge in [-0.25, -0.2) is 9.18 Å². The van der Waals surface area contributed by atoms with Gasteiger partial charge < -0.3 is 14.8 Å². The van der Waals surface area contributed by atoms with Crippen molar-refractivity contribution in [2.75, 3.05) is 19.5 Å². The summed E-state index contributed by atoms with van der Waals surface area (Å²) in [4.78, 5) is 11.0. The second-order valence-corrected chi connectivity index (χ2v) is 3.32. The average molecular weight is 239 g/mol. The number of rotatable bonds is 4. The Kier molecular flexibility index (Phi) is 4.51. The Morgan fingerprint density at radius 1 is 1.41 bits per heavy atom. The molecule has 0 aliphatic heterocycles. The third-order valence-corrected chi connectivity index (χ3v) is 2.03. The van der Waals surface area contributed by atoms with Gasteiger partial charge in [-0.05, 0) is 19.1 Å². The molecule has 92 valence electrons. The summed E-state index contributed by atoms with van der Waals surface area (Å²) in [5.41, 5.74) is 0.978. The van der Waals surface area contributed by atoms with E-state index in [1.807, 2.05) is 0 Å². The highest BCUT2D eigenvalue weighted by molar-refractivity contribution is 5.83. The van der Waals surface area contributed by atoms with Crippen molar-refractivity contribution >= 4 is 11.7 Å². The number of carbonyl (C=O) groups is 1. The van der Waals surface area contributed by atoms with E-state index in [1.54, 1.807) is 6.92 Å². The van der Waals surface area contributed by atoms with Crippen LogP contribution in [0.25, 0.3) is 0 Å². The second kappa shape index (κ2) is 5.89. The van der Waals surface area contributed by atoms with Gasteiger partial charge in [0.15, 0.2) is 0 Å². The number of nitrogens with one attached hydrogen (secondary N) is 1. The first-order valence-electron chi connectivity index (χ1n) is 4.93. The number of hydrogen-bond acceptors (Lipinski definition) is 4. The highest BCUT2D eigenvalue weighted by Crippen LogP contribution is 2.25. The van der Waals surface area contributed by atoms with Crippen LogP contribution < -0.4 is 10.1 Å². The maximum atomic E-state index is 13.1. The quantitative estimate of drug-likeness (QED) is 0.647. The van der Waals surface area contributed by atoms with Crippen LogP contribution >= 0.6 is 0 Å². The third-order valence-electron chi connectivity index (χ3n) is 2.03. The number of ether oxygens (including phenoxy) is 2. The Balaban J connectivity index is 2.90. The van der Waals surface area contributed by atoms with Gasteiger partial charge in [0, 0.05) is 17.8 Å². The van der Waals surface area contributed by atoms with Crippen LogP contribution in [0, 0.1) is 5.82 Å². The molecule has 0 bridgehead atoms. The lowest BCUT2D eigenvalue weighted by atomic mass is 10.2. The lowest BCUT2D eigenvalue weighted by molar-refractivity contribution is -0.134. The number of carbonyl (C=O) groups excluding carboxylic acids is 1. The predicted molar refractivity (Wildman–Crippen MR) is 62.3 cm³/mol. The van der Waals surface area contributed by atoms with E-state index in [0.29, 0.717) is 17.1 Å². The molecule has 0 heterocycles. The summed E-state index contributed by atoms with van der Waals surface area (Å²) in [5, 5.41) is 2.86. The molecular formula is C12H14FNO3. The summed E-state index contributed by atoms with van der Waals surface area (Å²) in [5.74, 6) is -0.381. The molecular weight excluding hydrogens is 225 g/mol. The summed E-state index contributed by atoms with van der Waals surface area (Å²) >= 11 is 0. The van der Waals surface area contributed by atoms with Crippen LogP contribution in [-0.2, 0) is 9.53 Å². The summed E-state index contributed by atoms with van der Waals surface area (Å²) in [6.45, 7) is 1.67. The number of methoxy groups -OCH3 is 2. The summed E-state index contributed by atoms with van der Waals surface area (Å²) in [6, 6.07) is 4.08. The van der Waals surface area contributed by atoms with Crippen molar-refractivity contribution in [2.45, 2.75) is 6.92 Å². The van der Waals surface area contributed by atoms with Crippen LogP contribution in [-0.4, -0.2) is 20.2 Å². The standard InChI is InChI=1S/C12H14FNO3/c1-8(6-12(15)17-3)14-10-7-9(13)4-5-11(10)16-2/h4-7,14H,1-3H3/b8-6+. The van der Waals surface area contributed by atoms with Crippen LogP contribution in [0.4, 0.5) is 10.1 Å². The number of esters is 1. The number of allylic oxidation sites excluding steroid dienone is 1. The topological polar surface area (TPSA) is 47.6 Å². The fourth-order valence-electron chi connectivity index (χ4n) is 1.26. The molecule has 0 radical (unpaired) electrons. The minimum Gasteiger partial charge on any atom is -0.495 e. The van der Waals surface area contributed by atoms with Crippen molar-refractivity contribution in [2.24, 2.45) is 0 Å². The lowest BCUT2D eigenvalue weighted by Gasteiger charge is -2.11. The van der Waals surface area contributed by atoms with E-state index in [1.165, 1.54) is 38.5 Å². The minimum absolute atomic E-state index is 0.390. The van der Waals surface area contributed by atoms with Gasteiger partial charge in [-0.2, -0.15) is 0 Å². The first-order chi connectivity index (χ1) is 8.06. The molecule has 0 aromatic heterocycles. The monoisotopic (exact) mass is 239 g/mol. The van der Waals surface area contributed by atoms with Crippen LogP contribution in [0.3, 0.4) is 0 Å². The van der Waals surface area contributed by atoms with Crippen molar-refractivity contribution in [1.82, 2.24) is 0 Å². The molecule has 1 aromatic carbocycles. The molecule has 0 spiro atoms. The fraction of sp³-hybridized carbons (Fsp3) is 0.250. The van der Waals surface area contributed by atoms with Gasteiger partial charge >= 0.3 is 5.97 Å². The van der Waals surface area contributed by atoms with Crippen LogP contribution in [0.15, 0.2) is 30.0 Å². The Morgan fingerprint density at radius 2 is 2.12 bits per heavy atom. The van der Waals surface area contributed by atoms with E-state index >= 15 is 0 Å². The van der Waals surface area contributed by atoms with E-state index in [4.69, 9.17) is 4.74 Å². The fourth-order valence-corrected chi connectivity index (χ4v) is 1.26. The second-order valence-electron chi connectivity index (χ2n) is 3.32. The summed E-state index contributed by atoms with van der Waals surface area (Å²) in [7, 11) is 2.77. The minimum atomic E-state index is -0.481. The molecule has 0 unspecified atom stereocenters. The Labute approximate surface area is 99.0 Å². The van der Waals surface area contributed by atoms with Crippen molar-refractivity contribution in [3.8, 4) is 5.75 Å². The normalized spacial score (nSPS) is 10.9. The Morgan fingerprint density at radius 3 is 2.71 bits per heavy atom. The SMILES string of the molecule is COC(=O)/C=C(\C)Nc1cc(F)ccc1OC. The van der Waals surface area contributed by atoms with Gasteiger partial charge in [0.05, 0.1) is 19.9 Å². The maximum Gasteiger partial charge on any atom is 0.332 e. The predicted octanol–water partition coefficient (Wildman–Crippen LogP) is 2.32. The van der Waals surface area contributed by atoms with Crippen molar-refractivity contribution in [1.29, 1.82) is 0 Å². The first-order valence-corrected chi connectivity index (χ1v) is 4.93. The smallest absolute Gasteiger partial charge is 0.332 e. The first kappa shape index (κ1) is 13.0. The number of halogens is 1. The number of anilines is 1. The van der Waals surface area contributed by atoms with E-state index in [0.717, 1.165) is 0 Å².